The van der Waals surface area contributed by atoms with Crippen molar-refractivity contribution in [1.82, 2.24) is 15.0 Å². The Morgan fingerprint density at radius 1 is 1.15 bits per heavy atom. The van der Waals surface area contributed by atoms with E-state index in [1.807, 2.05) is 54.6 Å². The molecule has 1 aliphatic rings. The molecular formula is C20H19BrN4O2. The summed E-state index contributed by atoms with van der Waals surface area (Å²) in [5.74, 6) is 1.03. The Morgan fingerprint density at radius 3 is 2.81 bits per heavy atom. The fourth-order valence-electron chi connectivity index (χ4n) is 3.27. The van der Waals surface area contributed by atoms with Gasteiger partial charge in [0.05, 0.1) is 0 Å². The Kier molecular flexibility index (Phi) is 5.20. The van der Waals surface area contributed by atoms with Crippen LogP contribution in [0.1, 0.15) is 31.2 Å². The van der Waals surface area contributed by atoms with E-state index < -0.39 is 0 Å². The van der Waals surface area contributed by atoms with Crippen LogP contribution in [0.15, 0.2) is 63.6 Å². The molecule has 0 spiro atoms. The molecule has 1 atom stereocenters. The van der Waals surface area contributed by atoms with E-state index in [2.05, 4.69) is 31.4 Å². The number of aromatic nitrogens is 2. The number of urea groups is 1. The molecule has 6 nitrogen and oxygen atoms in total. The van der Waals surface area contributed by atoms with Crippen LogP contribution in [0.5, 0.6) is 0 Å². The highest BCUT2D eigenvalue weighted by Crippen LogP contribution is 2.31. The van der Waals surface area contributed by atoms with E-state index in [1.54, 1.807) is 4.90 Å². The summed E-state index contributed by atoms with van der Waals surface area (Å²) in [6.45, 7) is 0.660. The summed E-state index contributed by atoms with van der Waals surface area (Å²) in [6, 6.07) is 16.9. The van der Waals surface area contributed by atoms with E-state index in [-0.39, 0.29) is 12.1 Å². The van der Waals surface area contributed by atoms with Gasteiger partial charge in [0.2, 0.25) is 11.7 Å². The van der Waals surface area contributed by atoms with Crippen molar-refractivity contribution in [3.05, 3.63) is 65.0 Å². The van der Waals surface area contributed by atoms with Crippen molar-refractivity contribution in [2.75, 3.05) is 11.9 Å². The van der Waals surface area contributed by atoms with Gasteiger partial charge in [0.15, 0.2) is 0 Å². The first-order valence-corrected chi connectivity index (χ1v) is 9.72. The second-order valence-corrected chi connectivity index (χ2v) is 7.38. The summed E-state index contributed by atoms with van der Waals surface area (Å²) in [4.78, 5) is 19.2. The Bertz CT molecular complexity index is 928. The quantitative estimate of drug-likeness (QED) is 0.619. The van der Waals surface area contributed by atoms with Crippen molar-refractivity contribution in [1.29, 1.82) is 0 Å². The molecule has 1 unspecified atom stereocenters. The summed E-state index contributed by atoms with van der Waals surface area (Å²) in [5, 5.41) is 7.06. The minimum absolute atomic E-state index is 0.155. The highest BCUT2D eigenvalue weighted by molar-refractivity contribution is 9.10. The van der Waals surface area contributed by atoms with E-state index in [0.717, 1.165) is 35.0 Å². The third-order valence-corrected chi connectivity index (χ3v) is 5.09. The lowest BCUT2D eigenvalue weighted by molar-refractivity contribution is 0.142. The van der Waals surface area contributed by atoms with E-state index in [9.17, 15) is 4.79 Å². The highest BCUT2D eigenvalue weighted by atomic mass is 79.9. The number of nitrogens with zero attached hydrogens (tertiary/aromatic N) is 3. The number of hydrogen-bond donors (Lipinski definition) is 1. The first-order valence-electron chi connectivity index (χ1n) is 8.93. The number of nitrogens with one attached hydrogen (secondary N) is 1. The summed E-state index contributed by atoms with van der Waals surface area (Å²) < 4.78 is 6.43. The number of piperidine rings is 1. The second kappa shape index (κ2) is 7.92. The molecular weight excluding hydrogens is 408 g/mol. The smallest absolute Gasteiger partial charge is 0.322 e. The summed E-state index contributed by atoms with van der Waals surface area (Å²) in [5.41, 5.74) is 1.64. The molecule has 27 heavy (non-hydrogen) atoms. The molecule has 1 aromatic heterocycles. The fraction of sp³-hybridized carbons (Fsp3) is 0.250. The van der Waals surface area contributed by atoms with Crippen molar-refractivity contribution in [2.45, 2.75) is 25.3 Å². The maximum Gasteiger partial charge on any atom is 0.322 e. The molecule has 138 valence electrons. The largest absolute Gasteiger partial charge is 0.337 e. The highest BCUT2D eigenvalue weighted by Gasteiger charge is 2.32. The molecule has 1 saturated heterocycles. The molecule has 1 fully saturated rings. The maximum absolute atomic E-state index is 12.8. The number of amides is 2. The molecule has 2 amide bonds. The summed E-state index contributed by atoms with van der Waals surface area (Å²) in [6.07, 6.45) is 2.79. The van der Waals surface area contributed by atoms with Crippen LogP contribution in [-0.4, -0.2) is 27.6 Å². The number of rotatable bonds is 3. The lowest BCUT2D eigenvalue weighted by atomic mass is 10.0. The molecule has 2 heterocycles. The van der Waals surface area contributed by atoms with Gasteiger partial charge in [-0.1, -0.05) is 57.5 Å². The SMILES string of the molecule is O=C(Nc1cccc(Br)c1)N1CCCCC1c1nc(-c2ccccc2)no1. The Labute approximate surface area is 165 Å². The van der Waals surface area contributed by atoms with Gasteiger partial charge in [-0.25, -0.2) is 4.79 Å². The van der Waals surface area contributed by atoms with Crippen LogP contribution in [-0.2, 0) is 0 Å². The number of anilines is 1. The van der Waals surface area contributed by atoms with Gasteiger partial charge in [-0.15, -0.1) is 0 Å². The van der Waals surface area contributed by atoms with Gasteiger partial charge in [0.1, 0.15) is 6.04 Å². The lowest BCUT2D eigenvalue weighted by Crippen LogP contribution is -2.41. The molecule has 1 N–H and O–H groups in total. The van der Waals surface area contributed by atoms with Crippen LogP contribution in [0, 0.1) is 0 Å². The van der Waals surface area contributed by atoms with E-state index in [1.165, 1.54) is 0 Å². The minimum Gasteiger partial charge on any atom is -0.337 e. The van der Waals surface area contributed by atoms with Crippen molar-refractivity contribution in [3.63, 3.8) is 0 Å². The average Bonchev–Trinajstić information content (AvgIpc) is 3.19. The van der Waals surface area contributed by atoms with E-state index in [4.69, 9.17) is 4.52 Å². The van der Waals surface area contributed by atoms with Gasteiger partial charge >= 0.3 is 6.03 Å². The van der Waals surface area contributed by atoms with Crippen LogP contribution in [0.2, 0.25) is 0 Å². The van der Waals surface area contributed by atoms with Gasteiger partial charge in [0.25, 0.3) is 0 Å². The molecule has 0 aliphatic carbocycles. The van der Waals surface area contributed by atoms with Crippen LogP contribution in [0.25, 0.3) is 11.4 Å². The maximum atomic E-state index is 12.8. The molecule has 7 heteroatoms. The molecule has 0 bridgehead atoms. The van der Waals surface area contributed by atoms with Crippen LogP contribution >= 0.6 is 15.9 Å². The van der Waals surface area contributed by atoms with Gasteiger partial charge in [0, 0.05) is 22.3 Å². The Morgan fingerprint density at radius 2 is 2.00 bits per heavy atom. The summed E-state index contributed by atoms with van der Waals surface area (Å²) >= 11 is 3.42. The number of benzene rings is 2. The first-order chi connectivity index (χ1) is 13.2. The zero-order chi connectivity index (χ0) is 18.6. The van der Waals surface area contributed by atoms with Crippen LogP contribution in [0.3, 0.4) is 0 Å². The minimum atomic E-state index is -0.212. The van der Waals surface area contributed by atoms with Crippen molar-refractivity contribution in [3.8, 4) is 11.4 Å². The predicted octanol–water partition coefficient (Wildman–Crippen LogP) is 5.26. The molecule has 2 aromatic carbocycles. The fourth-order valence-corrected chi connectivity index (χ4v) is 3.67. The predicted molar refractivity (Wildman–Crippen MR) is 106 cm³/mol. The van der Waals surface area contributed by atoms with E-state index in [0.29, 0.717) is 18.3 Å². The van der Waals surface area contributed by atoms with Gasteiger partial charge in [-0.05, 0) is 37.5 Å². The van der Waals surface area contributed by atoms with Gasteiger partial charge in [-0.3, -0.25) is 0 Å². The van der Waals surface area contributed by atoms with Gasteiger partial charge < -0.3 is 14.7 Å². The number of carbonyl (C=O) groups excluding carboxylic acids is 1. The lowest BCUT2D eigenvalue weighted by Gasteiger charge is -2.33. The Balaban J connectivity index is 1.54. The topological polar surface area (TPSA) is 71.3 Å². The van der Waals surface area contributed by atoms with Crippen molar-refractivity contribution < 1.29 is 9.32 Å². The molecule has 1 aliphatic heterocycles. The standard InChI is InChI=1S/C20H19BrN4O2/c21-15-9-6-10-16(13-15)22-20(26)25-12-5-4-11-17(25)19-23-18(24-27-19)14-7-2-1-3-8-14/h1-3,6-10,13,17H,4-5,11-12H2,(H,22,26). The number of likely N-dealkylation sites (tertiary alicyclic amines) is 1. The van der Waals surface area contributed by atoms with Crippen molar-refractivity contribution >= 4 is 27.6 Å². The molecule has 0 radical (unpaired) electrons. The van der Waals surface area contributed by atoms with E-state index >= 15 is 0 Å². The number of carbonyl (C=O) groups is 1. The third kappa shape index (κ3) is 4.03. The monoisotopic (exact) mass is 426 g/mol. The Hall–Kier alpha value is -2.67. The summed E-state index contributed by atoms with van der Waals surface area (Å²) in [7, 11) is 0. The van der Waals surface area contributed by atoms with Gasteiger partial charge in [-0.2, -0.15) is 4.98 Å². The zero-order valence-corrected chi connectivity index (χ0v) is 16.2. The first kappa shape index (κ1) is 17.7. The second-order valence-electron chi connectivity index (χ2n) is 6.47. The number of halogens is 1. The number of hydrogen-bond acceptors (Lipinski definition) is 4. The zero-order valence-electron chi connectivity index (χ0n) is 14.6. The molecule has 4 rings (SSSR count). The average molecular weight is 427 g/mol. The van der Waals surface area contributed by atoms with Crippen molar-refractivity contribution in [2.24, 2.45) is 0 Å². The molecule has 3 aromatic rings. The third-order valence-electron chi connectivity index (χ3n) is 4.60. The normalized spacial score (nSPS) is 16.9. The van der Waals surface area contributed by atoms with Crippen LogP contribution in [0.4, 0.5) is 10.5 Å². The van der Waals surface area contributed by atoms with Crippen LogP contribution < -0.4 is 5.32 Å². The molecule has 0 saturated carbocycles.